The fourth-order valence-corrected chi connectivity index (χ4v) is 3.54. The molecule has 2 atom stereocenters. The van der Waals surface area contributed by atoms with Crippen LogP contribution in [0, 0.1) is 0 Å². The van der Waals surface area contributed by atoms with Crippen molar-refractivity contribution in [3.8, 4) is 0 Å². The van der Waals surface area contributed by atoms with Crippen LogP contribution in [0.1, 0.15) is 19.8 Å². The molecule has 0 spiro atoms. The van der Waals surface area contributed by atoms with E-state index >= 15 is 0 Å². The predicted octanol–water partition coefficient (Wildman–Crippen LogP) is 2.29. The fraction of sp³-hybridized carbons (Fsp3) is 0.500. The summed E-state index contributed by atoms with van der Waals surface area (Å²) in [5, 5.41) is 0. The molecule has 2 unspecified atom stereocenters. The Morgan fingerprint density at radius 1 is 1.39 bits per heavy atom. The quantitative estimate of drug-likeness (QED) is 0.919. The lowest BCUT2D eigenvalue weighted by molar-refractivity contribution is 0.0902. The third kappa shape index (κ3) is 3.32. The van der Waals surface area contributed by atoms with Crippen LogP contribution in [0.2, 0.25) is 0 Å². The van der Waals surface area contributed by atoms with Crippen molar-refractivity contribution < 1.29 is 13.2 Å². The summed E-state index contributed by atoms with van der Waals surface area (Å²) in [5.74, 6) is 0. The smallest absolute Gasteiger partial charge is 0.240 e. The van der Waals surface area contributed by atoms with Gasteiger partial charge in [-0.05, 0) is 44.0 Å². The number of hydrogen-bond donors (Lipinski definition) is 1. The first-order valence-corrected chi connectivity index (χ1v) is 8.16. The summed E-state index contributed by atoms with van der Waals surface area (Å²) in [7, 11) is -3.46. The van der Waals surface area contributed by atoms with E-state index < -0.39 is 10.0 Å². The van der Waals surface area contributed by atoms with E-state index in [1.54, 1.807) is 24.3 Å². The lowest BCUT2D eigenvalue weighted by atomic mass is 10.1. The van der Waals surface area contributed by atoms with E-state index in [9.17, 15) is 8.42 Å². The van der Waals surface area contributed by atoms with E-state index in [0.717, 1.165) is 23.9 Å². The van der Waals surface area contributed by atoms with E-state index in [0.29, 0.717) is 0 Å². The first kappa shape index (κ1) is 14.0. The normalized spacial score (nSPS) is 22.0. The van der Waals surface area contributed by atoms with Gasteiger partial charge in [-0.2, -0.15) is 0 Å². The first-order valence-electron chi connectivity index (χ1n) is 5.88. The molecule has 100 valence electrons. The Labute approximate surface area is 116 Å². The molecule has 4 nitrogen and oxygen atoms in total. The molecule has 1 N–H and O–H groups in total. The molecule has 0 aromatic heterocycles. The predicted molar refractivity (Wildman–Crippen MR) is 72.9 cm³/mol. The van der Waals surface area contributed by atoms with E-state index in [1.165, 1.54) is 0 Å². The number of rotatable bonds is 4. The Bertz CT molecular complexity index is 495. The maximum Gasteiger partial charge on any atom is 0.240 e. The van der Waals surface area contributed by atoms with Gasteiger partial charge in [0, 0.05) is 17.1 Å². The summed E-state index contributed by atoms with van der Waals surface area (Å²) in [4.78, 5) is 0.274. The topological polar surface area (TPSA) is 55.4 Å². The second-order valence-electron chi connectivity index (χ2n) is 4.42. The van der Waals surface area contributed by atoms with Crippen molar-refractivity contribution in [2.75, 3.05) is 6.61 Å². The van der Waals surface area contributed by atoms with Crippen molar-refractivity contribution in [2.24, 2.45) is 0 Å². The van der Waals surface area contributed by atoms with Crippen molar-refractivity contribution >= 4 is 26.0 Å². The summed E-state index contributed by atoms with van der Waals surface area (Å²) < 4.78 is 33.3. The van der Waals surface area contributed by atoms with Crippen molar-refractivity contribution in [2.45, 2.75) is 36.8 Å². The molecule has 0 aliphatic carbocycles. The number of ether oxygens (including phenoxy) is 1. The van der Waals surface area contributed by atoms with Gasteiger partial charge < -0.3 is 4.74 Å². The van der Waals surface area contributed by atoms with Gasteiger partial charge in [0.1, 0.15) is 0 Å². The zero-order valence-electron chi connectivity index (χ0n) is 10.1. The SMILES string of the molecule is CC(NS(=O)(=O)c1ccc(Br)cc1)C1CCCO1. The van der Waals surface area contributed by atoms with E-state index in [-0.39, 0.29) is 17.0 Å². The maximum absolute atomic E-state index is 12.1. The summed E-state index contributed by atoms with van der Waals surface area (Å²) in [5.41, 5.74) is 0. The van der Waals surface area contributed by atoms with Crippen molar-refractivity contribution in [3.05, 3.63) is 28.7 Å². The molecule has 0 bridgehead atoms. The van der Waals surface area contributed by atoms with Crippen molar-refractivity contribution in [1.82, 2.24) is 4.72 Å². The van der Waals surface area contributed by atoms with Gasteiger partial charge in [-0.25, -0.2) is 13.1 Å². The van der Waals surface area contributed by atoms with Crippen LogP contribution >= 0.6 is 15.9 Å². The van der Waals surface area contributed by atoms with Crippen LogP contribution in [0.15, 0.2) is 33.6 Å². The minimum absolute atomic E-state index is 0.0183. The zero-order chi connectivity index (χ0) is 13.2. The van der Waals surface area contributed by atoms with Crippen LogP contribution in [0.25, 0.3) is 0 Å². The van der Waals surface area contributed by atoms with Crippen LogP contribution in [0.3, 0.4) is 0 Å². The van der Waals surface area contributed by atoms with Gasteiger partial charge in [0.25, 0.3) is 0 Å². The standard InChI is InChI=1S/C12H16BrNO3S/c1-9(12-3-2-8-17-12)14-18(15,16)11-6-4-10(13)5-7-11/h4-7,9,12,14H,2-3,8H2,1H3. The van der Waals surface area contributed by atoms with Crippen LogP contribution in [-0.4, -0.2) is 27.2 Å². The third-order valence-corrected chi connectivity index (χ3v) is 5.09. The van der Waals surface area contributed by atoms with Gasteiger partial charge in [0.2, 0.25) is 10.0 Å². The Kier molecular flexibility index (Phi) is 4.42. The van der Waals surface area contributed by atoms with Gasteiger partial charge in [0.15, 0.2) is 0 Å². The van der Waals surface area contributed by atoms with Crippen molar-refractivity contribution in [1.29, 1.82) is 0 Å². The molecule has 0 saturated carbocycles. The molecule has 1 heterocycles. The first-order chi connectivity index (χ1) is 8.49. The number of halogens is 1. The second kappa shape index (κ2) is 5.69. The van der Waals surface area contributed by atoms with Gasteiger partial charge in [-0.15, -0.1) is 0 Å². The largest absolute Gasteiger partial charge is 0.377 e. The third-order valence-electron chi connectivity index (χ3n) is 2.99. The average molecular weight is 334 g/mol. The molecule has 1 aromatic rings. The van der Waals surface area contributed by atoms with E-state index in [2.05, 4.69) is 20.7 Å². The van der Waals surface area contributed by atoms with Gasteiger partial charge in [0.05, 0.1) is 11.0 Å². The van der Waals surface area contributed by atoms with Crippen LogP contribution < -0.4 is 4.72 Å². The Morgan fingerprint density at radius 3 is 2.61 bits per heavy atom. The highest BCUT2D eigenvalue weighted by molar-refractivity contribution is 9.10. The Morgan fingerprint density at radius 2 is 2.06 bits per heavy atom. The number of sulfonamides is 1. The molecule has 2 rings (SSSR count). The van der Waals surface area contributed by atoms with Crippen LogP contribution in [0.4, 0.5) is 0 Å². The number of nitrogens with one attached hydrogen (secondary N) is 1. The molecule has 18 heavy (non-hydrogen) atoms. The Balaban J connectivity index is 2.09. The minimum atomic E-state index is -3.46. The molecule has 1 saturated heterocycles. The van der Waals surface area contributed by atoms with Gasteiger partial charge in [-0.1, -0.05) is 15.9 Å². The summed E-state index contributed by atoms with van der Waals surface area (Å²) in [6.07, 6.45) is 1.88. The lowest BCUT2D eigenvalue weighted by Crippen LogP contribution is -2.40. The van der Waals surface area contributed by atoms with E-state index in [1.807, 2.05) is 6.92 Å². The molecule has 1 aliphatic heterocycles. The Hall–Kier alpha value is -0.430. The van der Waals surface area contributed by atoms with Crippen LogP contribution in [0.5, 0.6) is 0 Å². The molecular formula is C12H16BrNO3S. The second-order valence-corrected chi connectivity index (χ2v) is 7.05. The summed E-state index contributed by atoms with van der Waals surface area (Å²) >= 11 is 3.28. The molecule has 0 amide bonds. The monoisotopic (exact) mass is 333 g/mol. The van der Waals surface area contributed by atoms with E-state index in [4.69, 9.17) is 4.74 Å². The summed E-state index contributed by atoms with van der Waals surface area (Å²) in [6, 6.07) is 6.38. The van der Waals surface area contributed by atoms with Gasteiger partial charge in [-0.3, -0.25) is 0 Å². The van der Waals surface area contributed by atoms with Gasteiger partial charge >= 0.3 is 0 Å². The molecule has 1 aliphatic rings. The van der Waals surface area contributed by atoms with Crippen molar-refractivity contribution in [3.63, 3.8) is 0 Å². The lowest BCUT2D eigenvalue weighted by Gasteiger charge is -2.19. The molecule has 6 heteroatoms. The highest BCUT2D eigenvalue weighted by Gasteiger charge is 2.26. The minimum Gasteiger partial charge on any atom is -0.377 e. The zero-order valence-corrected chi connectivity index (χ0v) is 12.5. The maximum atomic E-state index is 12.1. The highest BCUT2D eigenvalue weighted by atomic mass is 79.9. The molecule has 1 aromatic carbocycles. The van der Waals surface area contributed by atoms with Crippen LogP contribution in [-0.2, 0) is 14.8 Å². The molecule has 1 fully saturated rings. The molecular weight excluding hydrogens is 318 g/mol. The fourth-order valence-electron chi connectivity index (χ4n) is 2.00. The number of hydrogen-bond acceptors (Lipinski definition) is 3. The highest BCUT2D eigenvalue weighted by Crippen LogP contribution is 2.19. The molecule has 0 radical (unpaired) electrons. The number of benzene rings is 1. The summed E-state index contributed by atoms with van der Waals surface area (Å²) in [6.45, 7) is 2.56. The average Bonchev–Trinajstić information content (AvgIpc) is 2.82.